The number of hydrogen-bond donors (Lipinski definition) is 1. The fourth-order valence-electron chi connectivity index (χ4n) is 1.78. The van der Waals surface area contributed by atoms with Crippen molar-refractivity contribution in [1.82, 2.24) is 0 Å². The number of nitrogens with two attached hydrogens (primary N) is 1. The second-order valence-corrected chi connectivity index (χ2v) is 4.38. The van der Waals surface area contributed by atoms with Gasteiger partial charge in [0.1, 0.15) is 5.67 Å². The van der Waals surface area contributed by atoms with Gasteiger partial charge < -0.3 is 5.73 Å². The smallest absolute Gasteiger partial charge is 0.130 e. The molecule has 0 saturated heterocycles. The molecule has 0 aliphatic heterocycles. The summed E-state index contributed by atoms with van der Waals surface area (Å²) in [7, 11) is 0. The Morgan fingerprint density at radius 3 is 2.47 bits per heavy atom. The lowest BCUT2D eigenvalue weighted by Crippen LogP contribution is -2.12. The molecule has 15 heavy (non-hydrogen) atoms. The van der Waals surface area contributed by atoms with Crippen molar-refractivity contribution in [2.75, 3.05) is 6.54 Å². The van der Waals surface area contributed by atoms with E-state index >= 15 is 0 Å². The van der Waals surface area contributed by atoms with Gasteiger partial charge in [0.15, 0.2) is 0 Å². The van der Waals surface area contributed by atoms with Crippen LogP contribution in [0.25, 0.3) is 0 Å². The van der Waals surface area contributed by atoms with Crippen molar-refractivity contribution < 1.29 is 4.39 Å². The second kappa shape index (κ2) is 5.26. The van der Waals surface area contributed by atoms with Crippen molar-refractivity contribution >= 4 is 0 Å². The highest BCUT2D eigenvalue weighted by molar-refractivity contribution is 5.31. The van der Waals surface area contributed by atoms with E-state index in [1.807, 2.05) is 24.3 Å². The SMILES string of the molecule is CC(C)(F)c1ccccc1CCCCN. The summed E-state index contributed by atoms with van der Waals surface area (Å²) in [6, 6.07) is 7.74. The molecule has 1 aromatic rings. The highest BCUT2D eigenvalue weighted by Crippen LogP contribution is 2.28. The summed E-state index contributed by atoms with van der Waals surface area (Å²) in [6.45, 7) is 3.92. The molecule has 0 aliphatic carbocycles. The summed E-state index contributed by atoms with van der Waals surface area (Å²) in [6.07, 6.45) is 2.95. The average molecular weight is 209 g/mol. The normalized spacial score (nSPS) is 11.7. The third-order valence-electron chi connectivity index (χ3n) is 2.56. The zero-order valence-corrected chi connectivity index (χ0v) is 9.59. The molecule has 1 aromatic carbocycles. The van der Waals surface area contributed by atoms with Gasteiger partial charge in [-0.15, -0.1) is 0 Å². The Labute approximate surface area is 91.5 Å². The van der Waals surface area contributed by atoms with E-state index in [1.54, 1.807) is 13.8 Å². The molecule has 0 amide bonds. The molecule has 84 valence electrons. The maximum atomic E-state index is 13.9. The summed E-state index contributed by atoms with van der Waals surface area (Å²) in [5, 5.41) is 0. The first-order chi connectivity index (χ1) is 7.05. The van der Waals surface area contributed by atoms with Crippen LogP contribution in [0.1, 0.15) is 37.8 Å². The van der Waals surface area contributed by atoms with Crippen LogP contribution < -0.4 is 5.73 Å². The standard InChI is InChI=1S/C13H20FN/c1-13(2,14)12-9-4-3-7-11(12)8-5-6-10-15/h3-4,7,9H,5-6,8,10,15H2,1-2H3. The molecule has 1 nitrogen and oxygen atoms in total. The van der Waals surface area contributed by atoms with Crippen LogP contribution in [0, 0.1) is 0 Å². The van der Waals surface area contributed by atoms with Crippen molar-refractivity contribution in [2.45, 2.75) is 38.8 Å². The predicted molar refractivity (Wildman–Crippen MR) is 62.6 cm³/mol. The highest BCUT2D eigenvalue weighted by atomic mass is 19.1. The van der Waals surface area contributed by atoms with E-state index in [9.17, 15) is 4.39 Å². The minimum Gasteiger partial charge on any atom is -0.330 e. The van der Waals surface area contributed by atoms with Crippen molar-refractivity contribution in [1.29, 1.82) is 0 Å². The van der Waals surface area contributed by atoms with Crippen LogP contribution in [0.3, 0.4) is 0 Å². The van der Waals surface area contributed by atoms with Gasteiger partial charge in [-0.3, -0.25) is 0 Å². The third-order valence-corrected chi connectivity index (χ3v) is 2.56. The van der Waals surface area contributed by atoms with Crippen molar-refractivity contribution in [2.24, 2.45) is 5.73 Å². The first-order valence-corrected chi connectivity index (χ1v) is 5.53. The Bertz CT molecular complexity index is 302. The summed E-state index contributed by atoms with van der Waals surface area (Å²) >= 11 is 0. The molecule has 2 heteroatoms. The molecule has 0 spiro atoms. The zero-order chi connectivity index (χ0) is 11.3. The monoisotopic (exact) mass is 209 g/mol. The van der Waals surface area contributed by atoms with Crippen LogP contribution in [0.5, 0.6) is 0 Å². The number of alkyl halides is 1. The maximum Gasteiger partial charge on any atom is 0.130 e. The molecule has 0 aliphatic rings. The molecule has 0 aromatic heterocycles. The van der Waals surface area contributed by atoms with E-state index in [4.69, 9.17) is 5.73 Å². The lowest BCUT2D eigenvalue weighted by molar-refractivity contribution is 0.219. The third kappa shape index (κ3) is 3.63. The topological polar surface area (TPSA) is 26.0 Å². The zero-order valence-electron chi connectivity index (χ0n) is 9.59. The summed E-state index contributed by atoms with van der Waals surface area (Å²) in [4.78, 5) is 0. The Kier molecular flexibility index (Phi) is 4.28. The Hall–Kier alpha value is -0.890. The second-order valence-electron chi connectivity index (χ2n) is 4.38. The van der Waals surface area contributed by atoms with E-state index in [1.165, 1.54) is 0 Å². The minimum atomic E-state index is -1.25. The van der Waals surface area contributed by atoms with Crippen LogP contribution in [-0.2, 0) is 12.1 Å². The van der Waals surface area contributed by atoms with E-state index in [2.05, 4.69) is 0 Å². The Morgan fingerprint density at radius 1 is 1.20 bits per heavy atom. The van der Waals surface area contributed by atoms with E-state index in [0.29, 0.717) is 6.54 Å². The maximum absolute atomic E-state index is 13.9. The van der Waals surface area contributed by atoms with Gasteiger partial charge in [0.05, 0.1) is 0 Å². The fraction of sp³-hybridized carbons (Fsp3) is 0.538. The lowest BCUT2D eigenvalue weighted by Gasteiger charge is -2.19. The van der Waals surface area contributed by atoms with Crippen LogP contribution in [0.15, 0.2) is 24.3 Å². The predicted octanol–water partition coefficient (Wildman–Crippen LogP) is 3.17. The van der Waals surface area contributed by atoms with Crippen LogP contribution in [0.2, 0.25) is 0 Å². The molecule has 0 atom stereocenters. The molecule has 0 saturated carbocycles. The van der Waals surface area contributed by atoms with Crippen LogP contribution in [0.4, 0.5) is 4.39 Å². The molecular formula is C13H20FN. The van der Waals surface area contributed by atoms with Gasteiger partial charge >= 0.3 is 0 Å². The van der Waals surface area contributed by atoms with Crippen molar-refractivity contribution in [3.05, 3.63) is 35.4 Å². The van der Waals surface area contributed by atoms with Gasteiger partial charge in [-0.25, -0.2) is 4.39 Å². The van der Waals surface area contributed by atoms with Gasteiger partial charge in [-0.05, 0) is 50.8 Å². The number of unbranched alkanes of at least 4 members (excludes halogenated alkanes) is 1. The molecule has 0 radical (unpaired) electrons. The van der Waals surface area contributed by atoms with E-state index < -0.39 is 5.67 Å². The molecule has 0 fully saturated rings. The molecule has 1 rings (SSSR count). The van der Waals surface area contributed by atoms with Crippen molar-refractivity contribution in [3.8, 4) is 0 Å². The summed E-state index contributed by atoms with van der Waals surface area (Å²) in [5.74, 6) is 0. The molecule has 0 bridgehead atoms. The summed E-state index contributed by atoms with van der Waals surface area (Å²) in [5.41, 5.74) is 6.11. The number of benzene rings is 1. The average Bonchev–Trinajstić information content (AvgIpc) is 2.17. The minimum absolute atomic E-state index is 0.710. The molecule has 0 unspecified atom stereocenters. The fourth-order valence-corrected chi connectivity index (χ4v) is 1.78. The number of halogens is 1. The molecule has 2 N–H and O–H groups in total. The quantitative estimate of drug-likeness (QED) is 0.741. The van der Waals surface area contributed by atoms with Crippen molar-refractivity contribution in [3.63, 3.8) is 0 Å². The number of rotatable bonds is 5. The van der Waals surface area contributed by atoms with Gasteiger partial charge in [0, 0.05) is 0 Å². The van der Waals surface area contributed by atoms with E-state index in [0.717, 1.165) is 30.4 Å². The van der Waals surface area contributed by atoms with Crippen LogP contribution >= 0.6 is 0 Å². The Morgan fingerprint density at radius 2 is 1.87 bits per heavy atom. The van der Waals surface area contributed by atoms with E-state index in [-0.39, 0.29) is 0 Å². The summed E-state index contributed by atoms with van der Waals surface area (Å²) < 4.78 is 13.9. The number of hydrogen-bond acceptors (Lipinski definition) is 1. The number of aryl methyl sites for hydroxylation is 1. The van der Waals surface area contributed by atoms with Crippen LogP contribution in [-0.4, -0.2) is 6.54 Å². The Balaban J connectivity index is 2.78. The van der Waals surface area contributed by atoms with Gasteiger partial charge in [0.2, 0.25) is 0 Å². The first-order valence-electron chi connectivity index (χ1n) is 5.53. The largest absolute Gasteiger partial charge is 0.330 e. The van der Waals surface area contributed by atoms with Gasteiger partial charge in [-0.1, -0.05) is 24.3 Å². The van der Waals surface area contributed by atoms with Gasteiger partial charge in [-0.2, -0.15) is 0 Å². The van der Waals surface area contributed by atoms with Gasteiger partial charge in [0.25, 0.3) is 0 Å². The highest BCUT2D eigenvalue weighted by Gasteiger charge is 2.21. The lowest BCUT2D eigenvalue weighted by atomic mass is 9.92. The molecular weight excluding hydrogens is 189 g/mol. The molecule has 0 heterocycles. The first kappa shape index (κ1) is 12.2.